The van der Waals surface area contributed by atoms with E-state index in [1.807, 2.05) is 24.3 Å². The molecule has 1 aromatic carbocycles. The maximum atomic E-state index is 5.99. The summed E-state index contributed by atoms with van der Waals surface area (Å²) in [7, 11) is 3.23. The molecule has 0 amide bonds. The predicted octanol–water partition coefficient (Wildman–Crippen LogP) is 3.36. The zero-order chi connectivity index (χ0) is 13.7. The van der Waals surface area contributed by atoms with E-state index in [-0.39, 0.29) is 0 Å². The summed E-state index contributed by atoms with van der Waals surface area (Å²) in [4.78, 5) is 4.13. The van der Waals surface area contributed by atoms with Crippen molar-refractivity contribution >= 4 is 17.3 Å². The number of halogens is 1. The Balaban J connectivity index is 2.16. The quantitative estimate of drug-likeness (QED) is 0.911. The summed E-state index contributed by atoms with van der Waals surface area (Å²) < 4.78 is 10.5. The Hall–Kier alpha value is -1.94. The summed E-state index contributed by atoms with van der Waals surface area (Å²) in [5, 5.41) is 3.93. The van der Waals surface area contributed by atoms with Crippen molar-refractivity contribution in [3.05, 3.63) is 47.1 Å². The summed E-state index contributed by atoms with van der Waals surface area (Å²) in [6, 6.07) is 9.27. The van der Waals surface area contributed by atoms with E-state index < -0.39 is 0 Å². The summed E-state index contributed by atoms with van der Waals surface area (Å²) in [5.74, 6) is 1.35. The van der Waals surface area contributed by atoms with Gasteiger partial charge in [-0.25, -0.2) is 4.98 Å². The number of nitrogens with zero attached hydrogens (tertiary/aromatic N) is 1. The smallest absolute Gasteiger partial charge is 0.237 e. The number of anilines is 1. The molecule has 0 radical (unpaired) electrons. The van der Waals surface area contributed by atoms with Crippen LogP contribution < -0.4 is 14.8 Å². The van der Waals surface area contributed by atoms with Crippen molar-refractivity contribution in [1.29, 1.82) is 0 Å². The molecule has 1 aromatic heterocycles. The Morgan fingerprint density at radius 1 is 1.21 bits per heavy atom. The molecule has 2 aromatic rings. The Kier molecular flexibility index (Phi) is 4.47. The molecule has 4 nitrogen and oxygen atoms in total. The lowest BCUT2D eigenvalue weighted by Gasteiger charge is -2.12. The normalized spacial score (nSPS) is 10.1. The molecule has 0 unspecified atom stereocenters. The topological polar surface area (TPSA) is 43.4 Å². The van der Waals surface area contributed by atoms with Gasteiger partial charge in [0.2, 0.25) is 5.88 Å². The van der Waals surface area contributed by atoms with Gasteiger partial charge in [-0.1, -0.05) is 11.6 Å². The number of pyridine rings is 1. The van der Waals surface area contributed by atoms with Crippen molar-refractivity contribution in [2.24, 2.45) is 0 Å². The summed E-state index contributed by atoms with van der Waals surface area (Å²) in [5.41, 5.74) is 1.80. The van der Waals surface area contributed by atoms with Crippen LogP contribution in [0.2, 0.25) is 5.02 Å². The largest absolute Gasteiger partial charge is 0.496 e. The zero-order valence-corrected chi connectivity index (χ0v) is 11.6. The number of ether oxygens (including phenoxy) is 2. The van der Waals surface area contributed by atoms with E-state index in [4.69, 9.17) is 21.1 Å². The molecule has 19 heavy (non-hydrogen) atoms. The minimum atomic E-state index is 0.559. The fraction of sp³-hybridized carbons (Fsp3) is 0.214. The van der Waals surface area contributed by atoms with Gasteiger partial charge in [0.15, 0.2) is 0 Å². The fourth-order valence-electron chi connectivity index (χ4n) is 1.76. The van der Waals surface area contributed by atoms with Crippen LogP contribution in [0.1, 0.15) is 5.56 Å². The van der Waals surface area contributed by atoms with E-state index in [1.54, 1.807) is 26.5 Å². The summed E-state index contributed by atoms with van der Waals surface area (Å²) >= 11 is 5.99. The van der Waals surface area contributed by atoms with E-state index in [0.717, 1.165) is 17.0 Å². The highest BCUT2D eigenvalue weighted by molar-refractivity contribution is 6.30. The molecule has 5 heteroatoms. The number of hydrogen-bond donors (Lipinski definition) is 1. The van der Waals surface area contributed by atoms with Gasteiger partial charge in [-0.3, -0.25) is 0 Å². The van der Waals surface area contributed by atoms with E-state index in [1.165, 1.54) is 0 Å². The van der Waals surface area contributed by atoms with Crippen LogP contribution in [0.4, 0.5) is 5.69 Å². The lowest BCUT2D eigenvalue weighted by molar-refractivity contribution is 0.399. The predicted molar refractivity (Wildman–Crippen MR) is 76.1 cm³/mol. The molecular weight excluding hydrogens is 264 g/mol. The van der Waals surface area contributed by atoms with Crippen LogP contribution in [0, 0.1) is 0 Å². The first-order valence-corrected chi connectivity index (χ1v) is 6.17. The van der Waals surface area contributed by atoms with Gasteiger partial charge in [-0.15, -0.1) is 0 Å². The van der Waals surface area contributed by atoms with Crippen LogP contribution in [-0.2, 0) is 6.54 Å². The molecule has 0 saturated heterocycles. The number of benzene rings is 1. The van der Waals surface area contributed by atoms with Crippen LogP contribution in [0.25, 0.3) is 0 Å². The minimum Gasteiger partial charge on any atom is -0.496 e. The molecule has 0 spiro atoms. The van der Waals surface area contributed by atoms with Gasteiger partial charge in [-0.2, -0.15) is 0 Å². The van der Waals surface area contributed by atoms with E-state index in [2.05, 4.69) is 10.3 Å². The molecule has 2 rings (SSSR count). The van der Waals surface area contributed by atoms with Crippen LogP contribution in [0.3, 0.4) is 0 Å². The zero-order valence-electron chi connectivity index (χ0n) is 10.8. The first-order valence-electron chi connectivity index (χ1n) is 5.80. The van der Waals surface area contributed by atoms with Gasteiger partial charge < -0.3 is 14.8 Å². The minimum absolute atomic E-state index is 0.559. The first kappa shape index (κ1) is 13.5. The highest BCUT2D eigenvalue weighted by atomic mass is 35.5. The molecule has 0 bridgehead atoms. The molecule has 100 valence electrons. The van der Waals surface area contributed by atoms with Crippen molar-refractivity contribution < 1.29 is 9.47 Å². The third-order valence-corrected chi connectivity index (χ3v) is 2.91. The van der Waals surface area contributed by atoms with Crippen molar-refractivity contribution in [3.63, 3.8) is 0 Å². The number of nitrogens with one attached hydrogen (secondary N) is 1. The van der Waals surface area contributed by atoms with E-state index >= 15 is 0 Å². The number of methoxy groups -OCH3 is 2. The molecule has 0 aliphatic carbocycles. The Bertz CT molecular complexity index is 561. The summed E-state index contributed by atoms with van der Waals surface area (Å²) in [6.45, 7) is 0.575. The average Bonchev–Trinajstić information content (AvgIpc) is 2.45. The number of aromatic nitrogens is 1. The van der Waals surface area contributed by atoms with Gasteiger partial charge in [0.25, 0.3) is 0 Å². The van der Waals surface area contributed by atoms with Crippen molar-refractivity contribution in [2.45, 2.75) is 6.54 Å². The second kappa shape index (κ2) is 6.29. The van der Waals surface area contributed by atoms with Crippen LogP contribution in [0.5, 0.6) is 11.6 Å². The van der Waals surface area contributed by atoms with Crippen molar-refractivity contribution in [2.75, 3.05) is 19.5 Å². The molecular formula is C14H15ClN2O2. The lowest BCUT2D eigenvalue weighted by Crippen LogP contribution is -2.03. The van der Waals surface area contributed by atoms with Gasteiger partial charge in [0.05, 0.1) is 19.9 Å². The monoisotopic (exact) mass is 278 g/mol. The molecule has 0 fully saturated rings. The van der Waals surface area contributed by atoms with Crippen LogP contribution in [0.15, 0.2) is 36.5 Å². The van der Waals surface area contributed by atoms with Gasteiger partial charge in [0.1, 0.15) is 5.75 Å². The van der Waals surface area contributed by atoms with Gasteiger partial charge in [-0.05, 0) is 30.3 Å². The Morgan fingerprint density at radius 2 is 2.05 bits per heavy atom. The number of rotatable bonds is 5. The molecule has 0 aliphatic heterocycles. The second-order valence-corrected chi connectivity index (χ2v) is 4.31. The molecule has 1 heterocycles. The maximum absolute atomic E-state index is 5.99. The molecule has 0 atom stereocenters. The summed E-state index contributed by atoms with van der Waals surface area (Å²) in [6.07, 6.45) is 1.68. The number of hydrogen-bond acceptors (Lipinski definition) is 4. The van der Waals surface area contributed by atoms with Gasteiger partial charge in [0, 0.05) is 23.3 Å². The first-order chi connectivity index (χ1) is 9.24. The maximum Gasteiger partial charge on any atom is 0.237 e. The van der Waals surface area contributed by atoms with E-state index in [9.17, 15) is 0 Å². The standard InChI is InChI=1S/C14H15ClN2O2/c1-18-13-6-5-11(15)8-10(13)9-17-12-4-3-7-16-14(12)19-2/h3-8,17H,9H2,1-2H3. The fourth-order valence-corrected chi connectivity index (χ4v) is 1.96. The van der Waals surface area contributed by atoms with Crippen LogP contribution >= 0.6 is 11.6 Å². The molecule has 0 aliphatic rings. The molecule has 1 N–H and O–H groups in total. The molecule has 0 saturated carbocycles. The third kappa shape index (κ3) is 3.29. The van der Waals surface area contributed by atoms with Gasteiger partial charge >= 0.3 is 0 Å². The third-order valence-electron chi connectivity index (χ3n) is 2.68. The van der Waals surface area contributed by atoms with E-state index in [0.29, 0.717) is 17.4 Å². The lowest BCUT2D eigenvalue weighted by atomic mass is 10.2. The average molecular weight is 279 g/mol. The Morgan fingerprint density at radius 3 is 2.79 bits per heavy atom. The van der Waals surface area contributed by atoms with Crippen molar-refractivity contribution in [1.82, 2.24) is 4.98 Å². The van der Waals surface area contributed by atoms with Crippen molar-refractivity contribution in [3.8, 4) is 11.6 Å². The second-order valence-electron chi connectivity index (χ2n) is 3.87. The van der Waals surface area contributed by atoms with Crippen LogP contribution in [-0.4, -0.2) is 19.2 Å². The Labute approximate surface area is 117 Å². The highest BCUT2D eigenvalue weighted by Crippen LogP contribution is 2.25. The SMILES string of the molecule is COc1ccc(Cl)cc1CNc1cccnc1OC. The highest BCUT2D eigenvalue weighted by Gasteiger charge is 2.06.